The molecule has 0 fully saturated rings. The maximum atomic E-state index is 13.0. The van der Waals surface area contributed by atoms with Gasteiger partial charge in [-0.15, -0.1) is 0 Å². The zero-order valence-electron chi connectivity index (χ0n) is 16.8. The molecule has 2 aromatic carbocycles. The average molecular weight is 413 g/mol. The molecule has 3 rings (SSSR count). The first-order chi connectivity index (χ1) is 14.4. The van der Waals surface area contributed by atoms with Crippen LogP contribution in [0.4, 0.5) is 0 Å². The number of fused-ring (bicyclic) bond motifs is 1. The number of hydrogen-bond donors (Lipinski definition) is 0. The van der Waals surface area contributed by atoms with E-state index in [9.17, 15) is 19.7 Å². The lowest BCUT2D eigenvalue weighted by molar-refractivity contribution is -0.538. The Kier molecular flexibility index (Phi) is 6.66. The summed E-state index contributed by atoms with van der Waals surface area (Å²) in [4.78, 5) is 36.5. The molecule has 0 saturated carbocycles. The van der Waals surface area contributed by atoms with Gasteiger partial charge in [-0.2, -0.15) is 0 Å². The third kappa shape index (κ3) is 4.59. The molecule has 0 amide bonds. The van der Waals surface area contributed by atoms with Crippen LogP contribution in [0.2, 0.25) is 0 Å². The highest BCUT2D eigenvalue weighted by molar-refractivity contribution is 5.97. The first kappa shape index (κ1) is 21.3. The molecule has 3 atom stereocenters. The molecule has 0 spiro atoms. The van der Waals surface area contributed by atoms with Crippen molar-refractivity contribution in [3.8, 4) is 11.5 Å². The Balaban J connectivity index is 1.94. The molecule has 1 aliphatic heterocycles. The molecule has 0 unspecified atom stereocenters. The topological polar surface area (TPSA) is 105 Å². The minimum Gasteiger partial charge on any atom is -0.497 e. The van der Waals surface area contributed by atoms with Crippen LogP contribution in [0.15, 0.2) is 48.5 Å². The maximum Gasteiger partial charge on any atom is 0.309 e. The summed E-state index contributed by atoms with van der Waals surface area (Å²) in [6.07, 6.45) is -1.40. The molecule has 2 aromatic rings. The van der Waals surface area contributed by atoms with Gasteiger partial charge in [0, 0.05) is 22.5 Å². The minimum atomic E-state index is -1.26. The van der Waals surface area contributed by atoms with E-state index >= 15 is 0 Å². The van der Waals surface area contributed by atoms with Crippen molar-refractivity contribution < 1.29 is 28.7 Å². The molecule has 0 radical (unpaired) electrons. The van der Waals surface area contributed by atoms with Crippen molar-refractivity contribution in [2.75, 3.05) is 13.7 Å². The molecule has 8 heteroatoms. The Morgan fingerprint density at radius 2 is 1.90 bits per heavy atom. The molecule has 158 valence electrons. The molecule has 8 nitrogen and oxygen atoms in total. The summed E-state index contributed by atoms with van der Waals surface area (Å²) in [5.41, 5.74) is 0.984. The Morgan fingerprint density at radius 1 is 1.13 bits per heavy atom. The lowest BCUT2D eigenvalue weighted by Gasteiger charge is -2.34. The quantitative estimate of drug-likeness (QED) is 0.283. The third-order valence-electron chi connectivity index (χ3n) is 5.10. The van der Waals surface area contributed by atoms with Crippen molar-refractivity contribution in [2.24, 2.45) is 0 Å². The summed E-state index contributed by atoms with van der Waals surface area (Å²) >= 11 is 0. The Hall–Kier alpha value is -3.42. The summed E-state index contributed by atoms with van der Waals surface area (Å²) in [6.45, 7) is 1.83. The summed E-state index contributed by atoms with van der Waals surface area (Å²) in [5.74, 6) is -0.611. The molecule has 0 aliphatic carbocycles. The highest BCUT2D eigenvalue weighted by atomic mass is 16.6. The summed E-state index contributed by atoms with van der Waals surface area (Å²) in [7, 11) is 1.50. The average Bonchev–Trinajstić information content (AvgIpc) is 2.73. The van der Waals surface area contributed by atoms with E-state index in [4.69, 9.17) is 14.2 Å². The fraction of sp³-hybridized carbons (Fsp3) is 0.364. The number of para-hydroxylation sites is 1. The van der Waals surface area contributed by atoms with E-state index in [0.29, 0.717) is 22.6 Å². The molecule has 30 heavy (non-hydrogen) atoms. The van der Waals surface area contributed by atoms with Crippen molar-refractivity contribution in [3.63, 3.8) is 0 Å². The van der Waals surface area contributed by atoms with Gasteiger partial charge in [0.15, 0.2) is 11.9 Å². The van der Waals surface area contributed by atoms with Crippen LogP contribution in [0.1, 0.15) is 41.6 Å². The van der Waals surface area contributed by atoms with Crippen LogP contribution in [0.25, 0.3) is 0 Å². The van der Waals surface area contributed by atoms with Crippen molar-refractivity contribution in [3.05, 3.63) is 69.8 Å². The van der Waals surface area contributed by atoms with Gasteiger partial charge in [-0.25, -0.2) is 0 Å². The summed E-state index contributed by atoms with van der Waals surface area (Å²) in [5, 5.41) is 12.0. The van der Waals surface area contributed by atoms with Crippen LogP contribution in [0, 0.1) is 10.1 Å². The zero-order valence-corrected chi connectivity index (χ0v) is 16.8. The van der Waals surface area contributed by atoms with Crippen molar-refractivity contribution in [1.29, 1.82) is 0 Å². The van der Waals surface area contributed by atoms with Gasteiger partial charge in [0.2, 0.25) is 0 Å². The molecule has 1 heterocycles. The van der Waals surface area contributed by atoms with Crippen LogP contribution in [-0.4, -0.2) is 42.5 Å². The Bertz CT molecular complexity index is 943. The van der Waals surface area contributed by atoms with Gasteiger partial charge >= 0.3 is 5.97 Å². The monoisotopic (exact) mass is 413 g/mol. The van der Waals surface area contributed by atoms with Crippen molar-refractivity contribution in [1.82, 2.24) is 0 Å². The molecular formula is C22H23NO7. The van der Waals surface area contributed by atoms with Gasteiger partial charge in [0.05, 0.1) is 26.1 Å². The summed E-state index contributed by atoms with van der Waals surface area (Å²) < 4.78 is 15.9. The number of carbonyl (C=O) groups is 2. The lowest BCUT2D eigenvalue weighted by Crippen LogP contribution is -2.47. The fourth-order valence-electron chi connectivity index (χ4n) is 3.74. The van der Waals surface area contributed by atoms with Crippen LogP contribution in [0.3, 0.4) is 0 Å². The van der Waals surface area contributed by atoms with E-state index in [-0.39, 0.29) is 25.2 Å². The number of rotatable bonds is 8. The number of ether oxygens (including phenoxy) is 3. The molecule has 0 bridgehead atoms. The molecule has 0 N–H and O–H groups in total. The smallest absolute Gasteiger partial charge is 0.309 e. The zero-order chi connectivity index (χ0) is 21.7. The SMILES string of the molecule is CCOC(=O)C[C@@H]1Oc2ccccc2[C@@H](CC(=O)c2cccc(OC)c2)[C@@H]1[N+](=O)[O-]. The second-order valence-corrected chi connectivity index (χ2v) is 6.94. The van der Waals surface area contributed by atoms with Gasteiger partial charge in [0.25, 0.3) is 6.04 Å². The van der Waals surface area contributed by atoms with Gasteiger partial charge in [-0.05, 0) is 25.1 Å². The fourth-order valence-corrected chi connectivity index (χ4v) is 3.74. The van der Waals surface area contributed by atoms with Crippen LogP contribution in [0.5, 0.6) is 11.5 Å². The Morgan fingerprint density at radius 3 is 2.60 bits per heavy atom. The van der Waals surface area contributed by atoms with E-state index in [1.54, 1.807) is 55.5 Å². The lowest BCUT2D eigenvalue weighted by atomic mass is 9.80. The molecular weight excluding hydrogens is 390 g/mol. The summed E-state index contributed by atoms with van der Waals surface area (Å²) in [6, 6.07) is 12.3. The standard InChI is InChI=1S/C22H23NO7/c1-3-29-21(25)13-20-22(23(26)27)17(16-9-4-5-10-19(16)30-20)12-18(24)14-7-6-8-15(11-14)28-2/h4-11,17,20,22H,3,12-13H2,1-2H3/t17-,20+,22+/m1/s1. The van der Waals surface area contributed by atoms with Crippen molar-refractivity contribution in [2.45, 2.75) is 37.8 Å². The number of Topliss-reactive ketones (excluding diaryl/α,β-unsaturated/α-hetero) is 1. The second kappa shape index (κ2) is 9.39. The highest BCUT2D eigenvalue weighted by Crippen LogP contribution is 2.41. The van der Waals surface area contributed by atoms with E-state index in [0.717, 1.165) is 0 Å². The van der Waals surface area contributed by atoms with Crippen LogP contribution >= 0.6 is 0 Å². The number of benzene rings is 2. The predicted octanol–water partition coefficient (Wildman–Crippen LogP) is 3.41. The molecule has 0 aromatic heterocycles. The first-order valence-electron chi connectivity index (χ1n) is 9.66. The van der Waals surface area contributed by atoms with Gasteiger partial charge in [-0.3, -0.25) is 19.7 Å². The number of ketones is 1. The van der Waals surface area contributed by atoms with Gasteiger partial charge < -0.3 is 14.2 Å². The second-order valence-electron chi connectivity index (χ2n) is 6.94. The van der Waals surface area contributed by atoms with Crippen LogP contribution < -0.4 is 9.47 Å². The van der Waals surface area contributed by atoms with Crippen molar-refractivity contribution >= 4 is 11.8 Å². The van der Waals surface area contributed by atoms with E-state index < -0.39 is 29.0 Å². The highest BCUT2D eigenvalue weighted by Gasteiger charge is 2.48. The van der Waals surface area contributed by atoms with E-state index in [2.05, 4.69) is 0 Å². The van der Waals surface area contributed by atoms with Crippen LogP contribution in [-0.2, 0) is 9.53 Å². The normalized spacial score (nSPS) is 19.9. The molecule has 0 saturated heterocycles. The minimum absolute atomic E-state index is 0.0987. The predicted molar refractivity (Wildman–Crippen MR) is 108 cm³/mol. The number of nitrogens with zero attached hydrogens (tertiary/aromatic N) is 1. The number of methoxy groups -OCH3 is 1. The molecule has 1 aliphatic rings. The largest absolute Gasteiger partial charge is 0.497 e. The number of carbonyl (C=O) groups excluding carboxylic acids is 2. The van der Waals surface area contributed by atoms with Gasteiger partial charge in [-0.1, -0.05) is 30.3 Å². The third-order valence-corrected chi connectivity index (χ3v) is 5.10. The van der Waals surface area contributed by atoms with E-state index in [1.807, 2.05) is 0 Å². The first-order valence-corrected chi connectivity index (χ1v) is 9.66. The van der Waals surface area contributed by atoms with Gasteiger partial charge in [0.1, 0.15) is 11.5 Å². The number of nitro groups is 1. The number of hydrogen-bond acceptors (Lipinski definition) is 7. The maximum absolute atomic E-state index is 13.0. The van der Waals surface area contributed by atoms with E-state index in [1.165, 1.54) is 7.11 Å². The Labute approximate surface area is 173 Å². The number of esters is 1.